The van der Waals surface area contributed by atoms with Gasteiger partial charge in [0.1, 0.15) is 0 Å². The molecule has 0 fully saturated rings. The van der Waals surface area contributed by atoms with Crippen LogP contribution in [0.15, 0.2) is 41.4 Å². The van der Waals surface area contributed by atoms with Crippen LogP contribution in [0, 0.1) is 0 Å². The first kappa shape index (κ1) is 24.7. The molecule has 0 aliphatic carbocycles. The monoisotopic (exact) mass is 515 g/mol. The van der Waals surface area contributed by atoms with Gasteiger partial charge >= 0.3 is 0 Å². The lowest BCUT2D eigenvalue weighted by Gasteiger charge is -2.14. The Hall–Kier alpha value is -2.36. The molecule has 8 heteroatoms. The fourth-order valence-electron chi connectivity index (χ4n) is 2.76. The van der Waals surface area contributed by atoms with Crippen molar-refractivity contribution < 1.29 is 18.9 Å². The molecule has 2 rings (SSSR count). The van der Waals surface area contributed by atoms with E-state index in [9.17, 15) is 0 Å². The SMILES string of the molecule is CN=C(NCCc1ccc(OC)c(OC)c1)NCc1ccc(OC)c(OC)c1.I. The van der Waals surface area contributed by atoms with Crippen molar-refractivity contribution in [3.8, 4) is 23.0 Å². The molecule has 0 spiro atoms. The van der Waals surface area contributed by atoms with Crippen molar-refractivity contribution in [2.45, 2.75) is 13.0 Å². The van der Waals surface area contributed by atoms with Gasteiger partial charge in [-0.2, -0.15) is 0 Å². The molecule has 0 aliphatic rings. The highest BCUT2D eigenvalue weighted by Gasteiger charge is 2.07. The van der Waals surface area contributed by atoms with Crippen LogP contribution in [0.4, 0.5) is 0 Å². The van der Waals surface area contributed by atoms with Crippen molar-refractivity contribution in [1.29, 1.82) is 0 Å². The Morgan fingerprint density at radius 2 is 1.28 bits per heavy atom. The van der Waals surface area contributed by atoms with Crippen LogP contribution in [0.25, 0.3) is 0 Å². The van der Waals surface area contributed by atoms with E-state index in [-0.39, 0.29) is 24.0 Å². The first-order valence-corrected chi connectivity index (χ1v) is 9.01. The maximum Gasteiger partial charge on any atom is 0.191 e. The van der Waals surface area contributed by atoms with Crippen LogP contribution in [-0.2, 0) is 13.0 Å². The highest BCUT2D eigenvalue weighted by Crippen LogP contribution is 2.28. The summed E-state index contributed by atoms with van der Waals surface area (Å²) in [5.74, 6) is 3.61. The van der Waals surface area contributed by atoms with Gasteiger partial charge in [0.2, 0.25) is 0 Å². The van der Waals surface area contributed by atoms with Crippen molar-refractivity contribution in [1.82, 2.24) is 10.6 Å². The zero-order chi connectivity index (χ0) is 20.4. The van der Waals surface area contributed by atoms with E-state index in [0.717, 1.165) is 41.6 Å². The second-order valence-corrected chi connectivity index (χ2v) is 5.98. The van der Waals surface area contributed by atoms with Crippen LogP contribution in [-0.4, -0.2) is 48.0 Å². The Morgan fingerprint density at radius 1 is 0.759 bits per heavy atom. The van der Waals surface area contributed by atoms with Gasteiger partial charge in [0.05, 0.1) is 28.4 Å². The van der Waals surface area contributed by atoms with E-state index < -0.39 is 0 Å². The third-order valence-electron chi connectivity index (χ3n) is 4.29. The molecule has 7 nitrogen and oxygen atoms in total. The van der Waals surface area contributed by atoms with E-state index in [2.05, 4.69) is 15.6 Å². The van der Waals surface area contributed by atoms with Gasteiger partial charge in [0.25, 0.3) is 0 Å². The minimum absolute atomic E-state index is 0. The summed E-state index contributed by atoms with van der Waals surface area (Å²) < 4.78 is 21.2. The fraction of sp³-hybridized carbons (Fsp3) is 0.381. The van der Waals surface area contributed by atoms with Crippen LogP contribution in [0.2, 0.25) is 0 Å². The van der Waals surface area contributed by atoms with Gasteiger partial charge in [-0.05, 0) is 41.8 Å². The molecule has 0 amide bonds. The molecule has 0 aliphatic heterocycles. The van der Waals surface area contributed by atoms with E-state index in [1.807, 2.05) is 36.4 Å². The summed E-state index contributed by atoms with van der Waals surface area (Å²) in [5.41, 5.74) is 2.22. The summed E-state index contributed by atoms with van der Waals surface area (Å²) >= 11 is 0. The van der Waals surface area contributed by atoms with Crippen LogP contribution in [0.3, 0.4) is 0 Å². The number of hydrogen-bond donors (Lipinski definition) is 2. The Kier molecular flexibility index (Phi) is 11.0. The summed E-state index contributed by atoms with van der Waals surface area (Å²) in [6.45, 7) is 1.36. The van der Waals surface area contributed by atoms with Gasteiger partial charge in [-0.1, -0.05) is 12.1 Å². The Balaban J connectivity index is 0.00000420. The number of nitrogens with zero attached hydrogens (tertiary/aromatic N) is 1. The maximum atomic E-state index is 5.35. The number of rotatable bonds is 9. The highest BCUT2D eigenvalue weighted by molar-refractivity contribution is 14.0. The van der Waals surface area contributed by atoms with Crippen molar-refractivity contribution in [3.05, 3.63) is 47.5 Å². The van der Waals surface area contributed by atoms with Crippen molar-refractivity contribution in [2.24, 2.45) is 4.99 Å². The molecule has 0 unspecified atom stereocenters. The zero-order valence-electron chi connectivity index (χ0n) is 17.6. The lowest BCUT2D eigenvalue weighted by molar-refractivity contribution is 0.354. The number of aliphatic imine (C=N–C) groups is 1. The highest BCUT2D eigenvalue weighted by atomic mass is 127. The van der Waals surface area contributed by atoms with Crippen LogP contribution >= 0.6 is 24.0 Å². The van der Waals surface area contributed by atoms with E-state index in [1.54, 1.807) is 35.5 Å². The predicted octanol–water partition coefficient (Wildman–Crippen LogP) is 3.25. The second kappa shape index (κ2) is 13.0. The molecule has 2 aromatic carbocycles. The van der Waals surface area contributed by atoms with E-state index in [4.69, 9.17) is 18.9 Å². The van der Waals surface area contributed by atoms with Crippen molar-refractivity contribution in [2.75, 3.05) is 42.0 Å². The average molecular weight is 515 g/mol. The third kappa shape index (κ3) is 7.19. The molecule has 160 valence electrons. The molecule has 0 saturated carbocycles. The van der Waals surface area contributed by atoms with Gasteiger partial charge in [-0.25, -0.2) is 0 Å². The lowest BCUT2D eigenvalue weighted by atomic mass is 10.1. The van der Waals surface area contributed by atoms with E-state index >= 15 is 0 Å². The Morgan fingerprint density at radius 3 is 1.79 bits per heavy atom. The van der Waals surface area contributed by atoms with Gasteiger partial charge in [0.15, 0.2) is 29.0 Å². The van der Waals surface area contributed by atoms with E-state index in [0.29, 0.717) is 18.0 Å². The smallest absolute Gasteiger partial charge is 0.191 e. The number of methoxy groups -OCH3 is 4. The van der Waals surface area contributed by atoms with Gasteiger partial charge in [-0.3, -0.25) is 4.99 Å². The number of nitrogens with one attached hydrogen (secondary N) is 2. The largest absolute Gasteiger partial charge is 0.493 e. The van der Waals surface area contributed by atoms with Gasteiger partial charge in [0, 0.05) is 20.1 Å². The molecule has 0 bridgehead atoms. The zero-order valence-corrected chi connectivity index (χ0v) is 19.9. The predicted molar refractivity (Wildman–Crippen MR) is 126 cm³/mol. The molecular formula is C21H30IN3O4. The first-order chi connectivity index (χ1) is 13.6. The fourth-order valence-corrected chi connectivity index (χ4v) is 2.76. The minimum Gasteiger partial charge on any atom is -0.493 e. The summed E-state index contributed by atoms with van der Waals surface area (Å²) in [6.07, 6.45) is 0.831. The van der Waals surface area contributed by atoms with Crippen molar-refractivity contribution in [3.63, 3.8) is 0 Å². The molecule has 0 saturated heterocycles. The number of guanidine groups is 1. The summed E-state index contributed by atoms with van der Waals surface area (Å²) in [7, 11) is 8.27. The van der Waals surface area contributed by atoms with Gasteiger partial charge < -0.3 is 29.6 Å². The number of benzene rings is 2. The van der Waals surface area contributed by atoms with E-state index in [1.165, 1.54) is 0 Å². The molecule has 0 heterocycles. The van der Waals surface area contributed by atoms with Gasteiger partial charge in [-0.15, -0.1) is 24.0 Å². The Labute approximate surface area is 189 Å². The molecule has 2 N–H and O–H groups in total. The summed E-state index contributed by atoms with van der Waals surface area (Å²) in [6, 6.07) is 11.8. The summed E-state index contributed by atoms with van der Waals surface area (Å²) in [5, 5.41) is 6.62. The van der Waals surface area contributed by atoms with Crippen LogP contribution < -0.4 is 29.6 Å². The molecule has 2 aromatic rings. The maximum absolute atomic E-state index is 5.35. The molecule has 0 atom stereocenters. The normalized spacial score (nSPS) is 10.6. The van der Waals surface area contributed by atoms with Crippen molar-refractivity contribution >= 4 is 29.9 Å². The third-order valence-corrected chi connectivity index (χ3v) is 4.29. The lowest BCUT2D eigenvalue weighted by Crippen LogP contribution is -2.37. The first-order valence-electron chi connectivity index (χ1n) is 9.01. The summed E-state index contributed by atoms with van der Waals surface area (Å²) in [4.78, 5) is 4.27. The molecular weight excluding hydrogens is 485 g/mol. The Bertz CT molecular complexity index is 799. The number of halogens is 1. The average Bonchev–Trinajstić information content (AvgIpc) is 2.75. The standard InChI is InChI=1S/C21H29N3O4.HI/c1-22-21(24-14-16-7-9-18(26-3)20(13-16)28-5)23-11-10-15-6-8-17(25-2)19(12-15)27-4;/h6-9,12-13H,10-11,14H2,1-5H3,(H2,22,23,24);1H. The topological polar surface area (TPSA) is 73.3 Å². The quantitative estimate of drug-likeness (QED) is 0.304. The second-order valence-electron chi connectivity index (χ2n) is 5.98. The molecule has 29 heavy (non-hydrogen) atoms. The van der Waals surface area contributed by atoms with Crippen LogP contribution in [0.5, 0.6) is 23.0 Å². The number of hydrogen-bond acceptors (Lipinski definition) is 5. The minimum atomic E-state index is 0. The number of ether oxygens (including phenoxy) is 4. The van der Waals surface area contributed by atoms with Crippen LogP contribution in [0.1, 0.15) is 11.1 Å². The molecule has 0 radical (unpaired) electrons. The molecule has 0 aromatic heterocycles.